The van der Waals surface area contributed by atoms with Gasteiger partial charge in [0.05, 0.1) is 6.54 Å². The van der Waals surface area contributed by atoms with Crippen LogP contribution in [0.2, 0.25) is 0 Å². The second kappa shape index (κ2) is 6.36. The number of hydrogen-bond acceptors (Lipinski definition) is 2. The molecule has 3 heteroatoms. The number of aryl methyl sites for hydroxylation is 1. The first kappa shape index (κ1) is 14.8. The number of fused-ring (bicyclic) bond motifs is 3. The molecule has 1 aliphatic heterocycles. The lowest BCUT2D eigenvalue weighted by atomic mass is 9.97. The van der Waals surface area contributed by atoms with Gasteiger partial charge in [0.1, 0.15) is 11.9 Å². The summed E-state index contributed by atoms with van der Waals surface area (Å²) >= 11 is 0. The van der Waals surface area contributed by atoms with Crippen molar-refractivity contribution < 1.29 is 9.53 Å². The Hall–Kier alpha value is -2.81. The Labute approximate surface area is 141 Å². The number of carbonyl (C=O) groups is 1. The molecule has 3 aromatic carbocycles. The SMILES string of the molecule is O=C(NCC1CCc2ccc3ccccc3c2O1)c1ccccc1. The number of amides is 1. The van der Waals surface area contributed by atoms with Gasteiger partial charge in [-0.25, -0.2) is 0 Å². The summed E-state index contributed by atoms with van der Waals surface area (Å²) in [7, 11) is 0. The zero-order valence-corrected chi connectivity index (χ0v) is 13.4. The highest BCUT2D eigenvalue weighted by molar-refractivity contribution is 5.94. The largest absolute Gasteiger partial charge is 0.488 e. The van der Waals surface area contributed by atoms with Crippen LogP contribution in [0.1, 0.15) is 22.3 Å². The number of ether oxygens (including phenoxy) is 1. The van der Waals surface area contributed by atoms with Gasteiger partial charge in [-0.15, -0.1) is 0 Å². The molecule has 0 saturated heterocycles. The normalized spacial score (nSPS) is 16.2. The summed E-state index contributed by atoms with van der Waals surface area (Å²) in [5, 5.41) is 5.32. The minimum absolute atomic E-state index is 0.0102. The molecular weight excluding hydrogens is 298 g/mol. The standard InChI is InChI=1S/C21H19NO2/c23-21(17-7-2-1-3-8-17)22-14-18-13-12-16-11-10-15-6-4-5-9-19(15)20(16)24-18/h1-11,18H,12-14H2,(H,22,23). The van der Waals surface area contributed by atoms with Crippen LogP contribution < -0.4 is 10.1 Å². The molecule has 120 valence electrons. The Morgan fingerprint density at radius 3 is 2.67 bits per heavy atom. The van der Waals surface area contributed by atoms with E-state index in [0.29, 0.717) is 12.1 Å². The van der Waals surface area contributed by atoms with E-state index in [4.69, 9.17) is 4.74 Å². The van der Waals surface area contributed by atoms with Crippen molar-refractivity contribution in [2.24, 2.45) is 0 Å². The Bertz CT molecular complexity index is 873. The molecule has 0 saturated carbocycles. The van der Waals surface area contributed by atoms with Crippen LogP contribution in [-0.2, 0) is 6.42 Å². The monoisotopic (exact) mass is 317 g/mol. The van der Waals surface area contributed by atoms with Gasteiger partial charge >= 0.3 is 0 Å². The first-order chi connectivity index (χ1) is 11.8. The molecule has 1 N–H and O–H groups in total. The van der Waals surface area contributed by atoms with Crippen molar-refractivity contribution in [1.82, 2.24) is 5.32 Å². The van der Waals surface area contributed by atoms with E-state index in [1.807, 2.05) is 42.5 Å². The Morgan fingerprint density at radius 2 is 1.79 bits per heavy atom. The fourth-order valence-electron chi connectivity index (χ4n) is 3.21. The van der Waals surface area contributed by atoms with E-state index in [1.165, 1.54) is 10.9 Å². The predicted molar refractivity (Wildman–Crippen MR) is 95.5 cm³/mol. The first-order valence-electron chi connectivity index (χ1n) is 8.32. The van der Waals surface area contributed by atoms with Gasteiger partial charge in [-0.1, -0.05) is 54.6 Å². The molecule has 4 rings (SSSR count). The molecule has 1 heterocycles. The van der Waals surface area contributed by atoms with Crippen LogP contribution in [0.5, 0.6) is 5.75 Å². The summed E-state index contributed by atoms with van der Waals surface area (Å²) in [4.78, 5) is 12.2. The number of nitrogens with one attached hydrogen (secondary N) is 1. The summed E-state index contributed by atoms with van der Waals surface area (Å²) in [6, 6.07) is 21.8. The molecule has 0 fully saturated rings. The molecule has 1 aliphatic rings. The Kier molecular flexibility index (Phi) is 3.91. The molecular formula is C21H19NO2. The summed E-state index contributed by atoms with van der Waals surface area (Å²) < 4.78 is 6.22. The van der Waals surface area contributed by atoms with E-state index in [0.717, 1.165) is 24.0 Å². The van der Waals surface area contributed by atoms with Crippen LogP contribution in [-0.4, -0.2) is 18.6 Å². The van der Waals surface area contributed by atoms with E-state index >= 15 is 0 Å². The van der Waals surface area contributed by atoms with Crippen LogP contribution >= 0.6 is 0 Å². The van der Waals surface area contributed by atoms with E-state index < -0.39 is 0 Å². The van der Waals surface area contributed by atoms with Gasteiger partial charge in [0.2, 0.25) is 0 Å². The fourth-order valence-corrected chi connectivity index (χ4v) is 3.21. The average molecular weight is 317 g/mol. The second-order valence-corrected chi connectivity index (χ2v) is 6.13. The highest BCUT2D eigenvalue weighted by atomic mass is 16.5. The van der Waals surface area contributed by atoms with E-state index in [2.05, 4.69) is 29.6 Å². The smallest absolute Gasteiger partial charge is 0.251 e. The minimum atomic E-state index is -0.0529. The topological polar surface area (TPSA) is 38.3 Å². The minimum Gasteiger partial charge on any atom is -0.488 e. The van der Waals surface area contributed by atoms with Crippen LogP contribution in [0.4, 0.5) is 0 Å². The fraction of sp³-hybridized carbons (Fsp3) is 0.190. The Morgan fingerprint density at radius 1 is 1.00 bits per heavy atom. The molecule has 0 aliphatic carbocycles. The lowest BCUT2D eigenvalue weighted by Gasteiger charge is -2.27. The maximum Gasteiger partial charge on any atom is 0.251 e. The molecule has 0 aromatic heterocycles. The molecule has 0 radical (unpaired) electrons. The van der Waals surface area contributed by atoms with Gasteiger partial charge in [-0.2, -0.15) is 0 Å². The van der Waals surface area contributed by atoms with Crippen LogP contribution in [0.3, 0.4) is 0 Å². The lowest BCUT2D eigenvalue weighted by molar-refractivity contribution is 0.0919. The van der Waals surface area contributed by atoms with Crippen molar-refractivity contribution in [3.63, 3.8) is 0 Å². The molecule has 3 nitrogen and oxygen atoms in total. The van der Waals surface area contributed by atoms with Gasteiger partial charge in [0, 0.05) is 10.9 Å². The molecule has 1 amide bonds. The van der Waals surface area contributed by atoms with Crippen molar-refractivity contribution in [3.8, 4) is 5.75 Å². The molecule has 3 aromatic rings. The quantitative estimate of drug-likeness (QED) is 0.794. The highest BCUT2D eigenvalue weighted by Gasteiger charge is 2.22. The second-order valence-electron chi connectivity index (χ2n) is 6.13. The lowest BCUT2D eigenvalue weighted by Crippen LogP contribution is -2.37. The zero-order valence-electron chi connectivity index (χ0n) is 13.4. The van der Waals surface area contributed by atoms with Crippen molar-refractivity contribution >= 4 is 16.7 Å². The van der Waals surface area contributed by atoms with Gasteiger partial charge in [-0.3, -0.25) is 4.79 Å². The summed E-state index contributed by atoms with van der Waals surface area (Å²) in [6.45, 7) is 0.524. The third-order valence-corrected chi connectivity index (χ3v) is 4.51. The third-order valence-electron chi connectivity index (χ3n) is 4.51. The summed E-state index contributed by atoms with van der Waals surface area (Å²) in [5.74, 6) is 0.918. The van der Waals surface area contributed by atoms with Crippen molar-refractivity contribution in [3.05, 3.63) is 77.9 Å². The van der Waals surface area contributed by atoms with E-state index in [9.17, 15) is 4.79 Å². The van der Waals surface area contributed by atoms with Gasteiger partial charge < -0.3 is 10.1 Å². The van der Waals surface area contributed by atoms with Crippen LogP contribution in [0.25, 0.3) is 10.8 Å². The van der Waals surface area contributed by atoms with Gasteiger partial charge in [0.25, 0.3) is 5.91 Å². The first-order valence-corrected chi connectivity index (χ1v) is 8.32. The van der Waals surface area contributed by atoms with Gasteiger partial charge in [0.15, 0.2) is 0 Å². The maximum atomic E-state index is 12.2. The number of rotatable bonds is 3. The molecule has 24 heavy (non-hydrogen) atoms. The predicted octanol–water partition coefficient (Wildman–Crippen LogP) is 3.96. The summed E-state index contributed by atoms with van der Waals surface area (Å²) in [5.41, 5.74) is 1.93. The average Bonchev–Trinajstić information content (AvgIpc) is 2.66. The van der Waals surface area contributed by atoms with Crippen molar-refractivity contribution in [2.45, 2.75) is 18.9 Å². The number of benzene rings is 3. The zero-order chi connectivity index (χ0) is 16.4. The van der Waals surface area contributed by atoms with Crippen molar-refractivity contribution in [1.29, 1.82) is 0 Å². The molecule has 1 unspecified atom stereocenters. The maximum absolute atomic E-state index is 12.2. The third kappa shape index (κ3) is 2.85. The molecule has 0 bridgehead atoms. The number of hydrogen-bond donors (Lipinski definition) is 1. The van der Waals surface area contributed by atoms with Crippen molar-refractivity contribution in [2.75, 3.05) is 6.54 Å². The summed E-state index contributed by atoms with van der Waals surface area (Å²) in [6.07, 6.45) is 1.91. The van der Waals surface area contributed by atoms with Gasteiger partial charge in [-0.05, 0) is 35.9 Å². The van der Waals surface area contributed by atoms with Crippen LogP contribution in [0, 0.1) is 0 Å². The molecule has 0 spiro atoms. The van der Waals surface area contributed by atoms with E-state index in [-0.39, 0.29) is 12.0 Å². The number of carbonyl (C=O) groups excluding carboxylic acids is 1. The highest BCUT2D eigenvalue weighted by Crippen LogP contribution is 2.35. The Balaban J connectivity index is 1.48. The van der Waals surface area contributed by atoms with E-state index in [1.54, 1.807) is 0 Å². The van der Waals surface area contributed by atoms with Crippen LogP contribution in [0.15, 0.2) is 66.7 Å². The molecule has 1 atom stereocenters.